The number of hydrogen-bond acceptors (Lipinski definition) is 3. The van der Waals surface area contributed by atoms with E-state index in [1.165, 1.54) is 7.11 Å². The predicted molar refractivity (Wildman–Crippen MR) is 65.0 cm³/mol. The van der Waals surface area contributed by atoms with Crippen molar-refractivity contribution in [1.29, 1.82) is 0 Å². The zero-order valence-electron chi connectivity index (χ0n) is 9.89. The Balaban J connectivity index is 2.66. The van der Waals surface area contributed by atoms with Crippen LogP contribution in [0.1, 0.15) is 0 Å². The highest BCUT2D eigenvalue weighted by atomic mass is 19.2. The van der Waals surface area contributed by atoms with Gasteiger partial charge in [0.15, 0.2) is 5.82 Å². The topological polar surface area (TPSA) is 52.4 Å². The fraction of sp³-hybridized carbons (Fsp3) is 0.0769. The van der Waals surface area contributed by atoms with Crippen LogP contribution in [-0.4, -0.2) is 12.0 Å². The highest BCUT2D eigenvalue weighted by Gasteiger charge is 2.21. The first-order valence-corrected chi connectivity index (χ1v) is 5.31. The first-order valence-electron chi connectivity index (χ1n) is 5.31. The molecule has 2 aromatic carbocycles. The van der Waals surface area contributed by atoms with Gasteiger partial charge in [-0.25, -0.2) is 4.39 Å². The van der Waals surface area contributed by atoms with Crippen molar-refractivity contribution in [2.75, 3.05) is 7.11 Å². The zero-order chi connectivity index (χ0) is 14.0. The van der Waals surface area contributed by atoms with Gasteiger partial charge >= 0.3 is 5.69 Å². The van der Waals surface area contributed by atoms with Crippen molar-refractivity contribution in [3.63, 3.8) is 0 Å². The van der Waals surface area contributed by atoms with Crippen molar-refractivity contribution in [3.8, 4) is 16.9 Å². The minimum absolute atomic E-state index is 0.183. The number of rotatable bonds is 3. The number of hydrogen-bond donors (Lipinski definition) is 0. The molecular weight excluding hydrogens is 256 g/mol. The fourth-order valence-electron chi connectivity index (χ4n) is 1.75. The molecule has 19 heavy (non-hydrogen) atoms. The zero-order valence-corrected chi connectivity index (χ0v) is 9.89. The van der Waals surface area contributed by atoms with Crippen molar-refractivity contribution < 1.29 is 18.4 Å². The van der Waals surface area contributed by atoms with E-state index in [-0.39, 0.29) is 5.56 Å². The Bertz CT molecular complexity index is 644. The lowest BCUT2D eigenvalue weighted by molar-refractivity contribution is -0.387. The molecule has 0 heterocycles. The van der Waals surface area contributed by atoms with Gasteiger partial charge in [0.25, 0.3) is 0 Å². The summed E-state index contributed by atoms with van der Waals surface area (Å²) in [6, 6.07) is 8.50. The van der Waals surface area contributed by atoms with Crippen molar-refractivity contribution >= 4 is 5.69 Å². The Labute approximate surface area is 107 Å². The molecule has 2 rings (SSSR count). The molecule has 0 saturated heterocycles. The number of ether oxygens (including phenoxy) is 1. The minimum Gasteiger partial charge on any atom is -0.496 e. The van der Waals surface area contributed by atoms with E-state index in [9.17, 15) is 18.9 Å². The second kappa shape index (κ2) is 5.01. The van der Waals surface area contributed by atoms with Gasteiger partial charge < -0.3 is 4.74 Å². The average Bonchev–Trinajstić information content (AvgIpc) is 2.41. The maximum absolute atomic E-state index is 13.4. The van der Waals surface area contributed by atoms with Gasteiger partial charge in [0.1, 0.15) is 5.75 Å². The molecule has 0 saturated carbocycles. The monoisotopic (exact) mass is 265 g/mol. The summed E-state index contributed by atoms with van der Waals surface area (Å²) >= 11 is 0. The van der Waals surface area contributed by atoms with Gasteiger partial charge in [0.05, 0.1) is 12.0 Å². The third kappa shape index (κ3) is 2.37. The van der Waals surface area contributed by atoms with E-state index in [0.717, 1.165) is 12.1 Å². The molecule has 0 spiro atoms. The number of benzene rings is 2. The van der Waals surface area contributed by atoms with E-state index < -0.39 is 22.2 Å². The molecule has 98 valence electrons. The highest BCUT2D eigenvalue weighted by Crippen LogP contribution is 2.33. The van der Waals surface area contributed by atoms with E-state index >= 15 is 0 Å². The van der Waals surface area contributed by atoms with Gasteiger partial charge in [-0.15, -0.1) is 0 Å². The summed E-state index contributed by atoms with van der Waals surface area (Å²) in [6.07, 6.45) is 0. The van der Waals surface area contributed by atoms with Gasteiger partial charge in [-0.3, -0.25) is 10.1 Å². The summed E-state index contributed by atoms with van der Waals surface area (Å²) in [4.78, 5) is 9.72. The Kier molecular flexibility index (Phi) is 3.41. The van der Waals surface area contributed by atoms with Crippen LogP contribution >= 0.6 is 0 Å². The van der Waals surface area contributed by atoms with Gasteiger partial charge in [-0.2, -0.15) is 4.39 Å². The fourth-order valence-corrected chi connectivity index (χ4v) is 1.75. The number of halogens is 2. The molecule has 0 aliphatic heterocycles. The number of nitro benzene ring substituents is 1. The average molecular weight is 265 g/mol. The van der Waals surface area contributed by atoms with Gasteiger partial charge in [-0.05, 0) is 17.7 Å². The van der Waals surface area contributed by atoms with Crippen molar-refractivity contribution in [2.24, 2.45) is 0 Å². The Hall–Kier alpha value is -2.50. The van der Waals surface area contributed by atoms with Crippen molar-refractivity contribution in [3.05, 3.63) is 58.1 Å². The SMILES string of the molecule is COc1ccccc1-c1cc(F)c(F)c([N+](=O)[O-])c1. The summed E-state index contributed by atoms with van der Waals surface area (Å²) in [5.74, 6) is -2.32. The summed E-state index contributed by atoms with van der Waals surface area (Å²) in [5, 5.41) is 10.7. The van der Waals surface area contributed by atoms with E-state index in [0.29, 0.717) is 11.3 Å². The summed E-state index contributed by atoms with van der Waals surface area (Å²) in [6.45, 7) is 0. The van der Waals surface area contributed by atoms with E-state index in [4.69, 9.17) is 4.74 Å². The van der Waals surface area contributed by atoms with E-state index in [1.807, 2.05) is 0 Å². The molecule has 2 aromatic rings. The van der Waals surface area contributed by atoms with Crippen LogP contribution in [-0.2, 0) is 0 Å². The summed E-state index contributed by atoms with van der Waals surface area (Å²) in [5.41, 5.74) is -0.268. The smallest absolute Gasteiger partial charge is 0.308 e. The highest BCUT2D eigenvalue weighted by molar-refractivity contribution is 5.72. The molecule has 0 aliphatic carbocycles. The molecule has 0 fully saturated rings. The number of methoxy groups -OCH3 is 1. The lowest BCUT2D eigenvalue weighted by atomic mass is 10.0. The van der Waals surface area contributed by atoms with Gasteiger partial charge in [-0.1, -0.05) is 18.2 Å². The number of nitro groups is 1. The van der Waals surface area contributed by atoms with Crippen LogP contribution in [0.25, 0.3) is 11.1 Å². The van der Waals surface area contributed by atoms with Crippen molar-refractivity contribution in [2.45, 2.75) is 0 Å². The minimum atomic E-state index is -1.47. The second-order valence-electron chi connectivity index (χ2n) is 3.75. The van der Waals surface area contributed by atoms with Gasteiger partial charge in [0.2, 0.25) is 5.82 Å². The summed E-state index contributed by atoms with van der Waals surface area (Å²) in [7, 11) is 1.42. The molecule has 0 amide bonds. The molecule has 4 nitrogen and oxygen atoms in total. The van der Waals surface area contributed by atoms with Crippen LogP contribution < -0.4 is 4.74 Å². The third-order valence-corrected chi connectivity index (χ3v) is 2.62. The van der Waals surface area contributed by atoms with Crippen LogP contribution in [0, 0.1) is 21.7 Å². The molecule has 0 unspecified atom stereocenters. The first-order chi connectivity index (χ1) is 9.04. The first kappa shape index (κ1) is 12.9. The van der Waals surface area contributed by atoms with E-state index in [2.05, 4.69) is 0 Å². The molecule has 0 aliphatic rings. The Morgan fingerprint density at radius 2 is 1.89 bits per heavy atom. The molecule has 6 heteroatoms. The standard InChI is InChI=1S/C13H9F2NO3/c1-19-12-5-3-2-4-9(12)8-6-10(14)13(15)11(7-8)16(17)18/h2-7H,1H3. The lowest BCUT2D eigenvalue weighted by Gasteiger charge is -2.08. The lowest BCUT2D eigenvalue weighted by Crippen LogP contribution is -1.97. The van der Waals surface area contributed by atoms with E-state index in [1.54, 1.807) is 24.3 Å². The van der Waals surface area contributed by atoms with Crippen LogP contribution in [0.4, 0.5) is 14.5 Å². The molecule has 0 bridgehead atoms. The molecule has 0 atom stereocenters. The summed E-state index contributed by atoms with van der Waals surface area (Å²) < 4.78 is 31.8. The maximum atomic E-state index is 13.4. The molecule has 0 N–H and O–H groups in total. The quantitative estimate of drug-likeness (QED) is 0.630. The van der Waals surface area contributed by atoms with Crippen LogP contribution in [0.3, 0.4) is 0 Å². The van der Waals surface area contributed by atoms with Crippen LogP contribution in [0.2, 0.25) is 0 Å². The number of para-hydroxylation sites is 1. The Morgan fingerprint density at radius 3 is 2.53 bits per heavy atom. The Morgan fingerprint density at radius 1 is 1.21 bits per heavy atom. The van der Waals surface area contributed by atoms with Gasteiger partial charge in [0, 0.05) is 11.6 Å². The maximum Gasteiger partial charge on any atom is 0.308 e. The third-order valence-electron chi connectivity index (χ3n) is 2.62. The second-order valence-corrected chi connectivity index (χ2v) is 3.75. The molecule has 0 aromatic heterocycles. The predicted octanol–water partition coefficient (Wildman–Crippen LogP) is 3.55. The number of nitrogens with zero attached hydrogens (tertiary/aromatic N) is 1. The molecular formula is C13H9F2NO3. The largest absolute Gasteiger partial charge is 0.496 e. The molecule has 0 radical (unpaired) electrons. The van der Waals surface area contributed by atoms with Crippen LogP contribution in [0.5, 0.6) is 5.75 Å². The van der Waals surface area contributed by atoms with Crippen molar-refractivity contribution in [1.82, 2.24) is 0 Å². The normalized spacial score (nSPS) is 10.3. The van der Waals surface area contributed by atoms with Crippen LogP contribution in [0.15, 0.2) is 36.4 Å².